The first-order valence-corrected chi connectivity index (χ1v) is 6.39. The zero-order valence-electron chi connectivity index (χ0n) is 9.77. The van der Waals surface area contributed by atoms with Crippen molar-refractivity contribution in [2.45, 2.75) is 25.3 Å². The number of nitrogens with zero attached hydrogens (tertiary/aromatic N) is 3. The average Bonchev–Trinajstić information content (AvgIpc) is 2.90. The molecule has 0 spiro atoms. The third kappa shape index (κ3) is 2.37. The number of aromatic nitrogens is 3. The second-order valence-corrected chi connectivity index (χ2v) is 4.76. The van der Waals surface area contributed by atoms with Gasteiger partial charge in [-0.15, -0.1) is 0 Å². The van der Waals surface area contributed by atoms with E-state index in [1.165, 1.54) is 12.8 Å². The van der Waals surface area contributed by atoms with Crippen molar-refractivity contribution in [3.63, 3.8) is 0 Å². The molecular formula is C12H13ClN4O. The van der Waals surface area contributed by atoms with E-state index in [1.807, 2.05) is 0 Å². The summed E-state index contributed by atoms with van der Waals surface area (Å²) in [7, 11) is 0. The maximum atomic E-state index is 5.79. The molecule has 1 N–H and O–H groups in total. The SMILES string of the molecule is Clc1ccc(-c2nc(C3CCCCN3)no2)nc1. The van der Waals surface area contributed by atoms with Crippen molar-refractivity contribution in [1.29, 1.82) is 0 Å². The Hall–Kier alpha value is -1.46. The number of rotatable bonds is 2. The first-order valence-electron chi connectivity index (χ1n) is 6.02. The van der Waals surface area contributed by atoms with Crippen LogP contribution in [-0.4, -0.2) is 21.7 Å². The van der Waals surface area contributed by atoms with Gasteiger partial charge in [0.25, 0.3) is 5.89 Å². The normalized spacial score (nSPS) is 19.9. The van der Waals surface area contributed by atoms with Crippen molar-refractivity contribution in [1.82, 2.24) is 20.4 Å². The van der Waals surface area contributed by atoms with Gasteiger partial charge in [-0.05, 0) is 31.5 Å². The van der Waals surface area contributed by atoms with Crippen molar-refractivity contribution < 1.29 is 4.52 Å². The molecule has 1 atom stereocenters. The summed E-state index contributed by atoms with van der Waals surface area (Å²) in [5, 5.41) is 7.99. The number of halogens is 1. The van der Waals surface area contributed by atoms with E-state index < -0.39 is 0 Å². The van der Waals surface area contributed by atoms with Crippen LogP contribution in [0.2, 0.25) is 5.02 Å². The molecule has 5 nitrogen and oxygen atoms in total. The molecule has 1 fully saturated rings. The van der Waals surface area contributed by atoms with Gasteiger partial charge in [0.1, 0.15) is 5.69 Å². The largest absolute Gasteiger partial charge is 0.332 e. The molecule has 0 aliphatic carbocycles. The zero-order valence-corrected chi connectivity index (χ0v) is 10.5. The Morgan fingerprint density at radius 1 is 1.33 bits per heavy atom. The minimum atomic E-state index is 0.198. The molecule has 0 saturated carbocycles. The summed E-state index contributed by atoms with van der Waals surface area (Å²) in [6, 6.07) is 3.73. The van der Waals surface area contributed by atoms with E-state index in [9.17, 15) is 0 Å². The van der Waals surface area contributed by atoms with Crippen LogP contribution in [0.5, 0.6) is 0 Å². The molecule has 0 radical (unpaired) electrons. The van der Waals surface area contributed by atoms with Gasteiger partial charge in [-0.25, -0.2) is 4.98 Å². The third-order valence-corrected chi connectivity index (χ3v) is 3.23. The van der Waals surface area contributed by atoms with Gasteiger partial charge in [0.2, 0.25) is 0 Å². The fourth-order valence-corrected chi connectivity index (χ4v) is 2.17. The number of hydrogen-bond donors (Lipinski definition) is 1. The molecule has 94 valence electrons. The van der Waals surface area contributed by atoms with Crippen LogP contribution >= 0.6 is 11.6 Å². The lowest BCUT2D eigenvalue weighted by Gasteiger charge is -2.19. The van der Waals surface area contributed by atoms with E-state index in [0.29, 0.717) is 22.4 Å². The van der Waals surface area contributed by atoms with Crippen LogP contribution in [-0.2, 0) is 0 Å². The molecule has 3 heterocycles. The minimum Gasteiger partial charge on any atom is -0.332 e. The van der Waals surface area contributed by atoms with E-state index in [2.05, 4.69) is 20.4 Å². The van der Waals surface area contributed by atoms with Gasteiger partial charge in [0, 0.05) is 6.20 Å². The number of piperidine rings is 1. The smallest absolute Gasteiger partial charge is 0.276 e. The van der Waals surface area contributed by atoms with Crippen molar-refractivity contribution in [3.05, 3.63) is 29.2 Å². The van der Waals surface area contributed by atoms with E-state index in [0.717, 1.165) is 13.0 Å². The Balaban J connectivity index is 1.82. The summed E-state index contributed by atoms with van der Waals surface area (Å²) in [5.74, 6) is 1.15. The zero-order chi connectivity index (χ0) is 12.4. The maximum Gasteiger partial charge on any atom is 0.276 e. The monoisotopic (exact) mass is 264 g/mol. The van der Waals surface area contributed by atoms with Crippen LogP contribution in [0.15, 0.2) is 22.9 Å². The minimum absolute atomic E-state index is 0.198. The first-order chi connectivity index (χ1) is 8.83. The molecule has 0 bridgehead atoms. The highest BCUT2D eigenvalue weighted by Crippen LogP contribution is 2.23. The first kappa shape index (κ1) is 11.6. The van der Waals surface area contributed by atoms with Gasteiger partial charge in [-0.2, -0.15) is 4.98 Å². The Morgan fingerprint density at radius 2 is 2.28 bits per heavy atom. The van der Waals surface area contributed by atoms with Gasteiger partial charge in [0.15, 0.2) is 5.82 Å². The van der Waals surface area contributed by atoms with Gasteiger partial charge in [-0.1, -0.05) is 23.2 Å². The highest BCUT2D eigenvalue weighted by molar-refractivity contribution is 6.30. The van der Waals surface area contributed by atoms with Crippen LogP contribution in [0.25, 0.3) is 11.6 Å². The summed E-state index contributed by atoms with van der Waals surface area (Å²) in [5.41, 5.74) is 0.647. The lowest BCUT2D eigenvalue weighted by Crippen LogP contribution is -2.27. The van der Waals surface area contributed by atoms with Crippen LogP contribution in [0, 0.1) is 0 Å². The molecule has 3 rings (SSSR count). The van der Waals surface area contributed by atoms with Gasteiger partial charge < -0.3 is 9.84 Å². The molecule has 1 saturated heterocycles. The summed E-state index contributed by atoms with van der Waals surface area (Å²) < 4.78 is 5.24. The van der Waals surface area contributed by atoms with Crippen molar-refractivity contribution in [2.24, 2.45) is 0 Å². The van der Waals surface area contributed by atoms with Crippen LogP contribution in [0.1, 0.15) is 31.1 Å². The lowest BCUT2D eigenvalue weighted by molar-refractivity contribution is 0.366. The Kier molecular flexibility index (Phi) is 3.25. The van der Waals surface area contributed by atoms with Gasteiger partial charge >= 0.3 is 0 Å². The standard InChI is InChI=1S/C12H13ClN4O/c13-8-4-5-10(15-7-8)12-16-11(17-18-12)9-3-1-2-6-14-9/h4-5,7,9,14H,1-3,6H2. The van der Waals surface area contributed by atoms with E-state index >= 15 is 0 Å². The molecule has 2 aromatic rings. The van der Waals surface area contributed by atoms with Crippen LogP contribution < -0.4 is 5.32 Å². The summed E-state index contributed by atoms with van der Waals surface area (Å²) >= 11 is 5.79. The van der Waals surface area contributed by atoms with Gasteiger partial charge in [-0.3, -0.25) is 0 Å². The Morgan fingerprint density at radius 3 is 3.00 bits per heavy atom. The molecule has 1 unspecified atom stereocenters. The Bertz CT molecular complexity index is 519. The predicted molar refractivity (Wildman–Crippen MR) is 67.1 cm³/mol. The second-order valence-electron chi connectivity index (χ2n) is 4.32. The lowest BCUT2D eigenvalue weighted by atomic mass is 10.0. The van der Waals surface area contributed by atoms with E-state index in [1.54, 1.807) is 18.3 Å². The molecule has 0 amide bonds. The third-order valence-electron chi connectivity index (χ3n) is 3.01. The highest BCUT2D eigenvalue weighted by Gasteiger charge is 2.21. The van der Waals surface area contributed by atoms with Crippen LogP contribution in [0.4, 0.5) is 0 Å². The molecule has 1 aliphatic heterocycles. The molecule has 0 aromatic carbocycles. The molecule has 6 heteroatoms. The topological polar surface area (TPSA) is 63.8 Å². The second kappa shape index (κ2) is 5.04. The summed E-state index contributed by atoms with van der Waals surface area (Å²) in [6.45, 7) is 1.01. The number of pyridine rings is 1. The number of nitrogens with one attached hydrogen (secondary N) is 1. The van der Waals surface area contributed by atoms with E-state index in [-0.39, 0.29) is 6.04 Å². The quantitative estimate of drug-likeness (QED) is 0.903. The molecule has 1 aliphatic rings. The van der Waals surface area contributed by atoms with Crippen LogP contribution in [0.3, 0.4) is 0 Å². The molecular weight excluding hydrogens is 252 g/mol. The summed E-state index contributed by atoms with van der Waals surface area (Å²) in [6.07, 6.45) is 5.02. The molecule has 18 heavy (non-hydrogen) atoms. The van der Waals surface area contributed by atoms with Crippen molar-refractivity contribution in [2.75, 3.05) is 6.54 Å². The van der Waals surface area contributed by atoms with Crippen molar-refractivity contribution in [3.8, 4) is 11.6 Å². The fourth-order valence-electron chi connectivity index (χ4n) is 2.05. The van der Waals surface area contributed by atoms with Crippen molar-refractivity contribution >= 4 is 11.6 Å². The highest BCUT2D eigenvalue weighted by atomic mass is 35.5. The maximum absolute atomic E-state index is 5.79. The molecule has 2 aromatic heterocycles. The fraction of sp³-hybridized carbons (Fsp3) is 0.417. The van der Waals surface area contributed by atoms with E-state index in [4.69, 9.17) is 16.1 Å². The summed E-state index contributed by atoms with van der Waals surface area (Å²) in [4.78, 5) is 8.55. The average molecular weight is 265 g/mol. The number of hydrogen-bond acceptors (Lipinski definition) is 5. The predicted octanol–water partition coefficient (Wildman–Crippen LogP) is 2.60. The Labute approximate surface area is 110 Å². The van der Waals surface area contributed by atoms with Gasteiger partial charge in [0.05, 0.1) is 11.1 Å².